The van der Waals surface area contributed by atoms with E-state index in [9.17, 15) is 8.78 Å². The number of imidazole rings is 1. The second-order valence-corrected chi connectivity index (χ2v) is 7.41. The molecule has 1 unspecified atom stereocenters. The molecule has 31 heavy (non-hydrogen) atoms. The van der Waals surface area contributed by atoms with Crippen molar-refractivity contribution in [2.75, 3.05) is 25.0 Å². The number of hydrogen-bond acceptors (Lipinski definition) is 7. The lowest BCUT2D eigenvalue weighted by Crippen LogP contribution is -2.22. The molecule has 2 aliphatic rings. The van der Waals surface area contributed by atoms with E-state index in [1.807, 2.05) is 13.8 Å². The Hall–Kier alpha value is -2.88. The van der Waals surface area contributed by atoms with Crippen LogP contribution in [0.25, 0.3) is 17.0 Å². The number of alkyl halides is 2. The molecule has 1 atom stereocenters. The van der Waals surface area contributed by atoms with Gasteiger partial charge in [0.15, 0.2) is 5.65 Å². The van der Waals surface area contributed by atoms with Gasteiger partial charge in [-0.05, 0) is 25.8 Å². The Bertz CT molecular complexity index is 1020. The number of hydrogen-bond donors (Lipinski definition) is 2. The third-order valence-electron chi connectivity index (χ3n) is 5.12. The number of halogens is 2. The largest absolute Gasteiger partial charge is 0.485 e. The van der Waals surface area contributed by atoms with Gasteiger partial charge in [0.25, 0.3) is 6.43 Å². The van der Waals surface area contributed by atoms with Gasteiger partial charge in [-0.25, -0.2) is 23.3 Å². The first-order chi connectivity index (χ1) is 15.2. The van der Waals surface area contributed by atoms with E-state index in [0.717, 1.165) is 32.4 Å². The van der Waals surface area contributed by atoms with Crippen molar-refractivity contribution in [1.82, 2.24) is 29.9 Å². The summed E-state index contributed by atoms with van der Waals surface area (Å²) in [4.78, 5) is 13.3. The van der Waals surface area contributed by atoms with Crippen LogP contribution in [0.15, 0.2) is 24.7 Å². The van der Waals surface area contributed by atoms with Crippen molar-refractivity contribution in [2.45, 2.75) is 51.5 Å². The maximum absolute atomic E-state index is 12.6. The van der Waals surface area contributed by atoms with Crippen molar-refractivity contribution >= 4 is 11.5 Å². The lowest BCUT2D eigenvalue weighted by atomic mass is 10.2. The number of fused-ring (bicyclic) bond motifs is 1. The monoisotopic (exact) mass is 431 g/mol. The van der Waals surface area contributed by atoms with E-state index in [-0.39, 0.29) is 5.92 Å². The molecule has 3 aromatic heterocycles. The summed E-state index contributed by atoms with van der Waals surface area (Å²) < 4.78 is 32.2. The summed E-state index contributed by atoms with van der Waals surface area (Å²) >= 11 is 0. The highest BCUT2D eigenvalue weighted by molar-refractivity contribution is 5.61. The van der Waals surface area contributed by atoms with E-state index in [4.69, 9.17) is 4.74 Å². The molecule has 5 rings (SSSR count). The van der Waals surface area contributed by atoms with Crippen LogP contribution in [0.2, 0.25) is 0 Å². The Labute approximate surface area is 179 Å². The predicted molar refractivity (Wildman–Crippen MR) is 114 cm³/mol. The molecule has 3 aromatic rings. The molecular formula is C21H27F2N7O. The second kappa shape index (κ2) is 9.51. The normalized spacial score (nSPS) is 18.2. The van der Waals surface area contributed by atoms with Crippen molar-refractivity contribution in [3.63, 3.8) is 0 Å². The number of ether oxygens (including phenoxy) is 1. The third kappa shape index (κ3) is 4.90. The molecule has 2 N–H and O–H groups in total. The molecule has 10 heteroatoms. The zero-order chi connectivity index (χ0) is 21.8. The van der Waals surface area contributed by atoms with Crippen molar-refractivity contribution in [3.8, 4) is 17.1 Å². The zero-order valence-corrected chi connectivity index (χ0v) is 17.7. The fourth-order valence-electron chi connectivity index (χ4n) is 3.54. The van der Waals surface area contributed by atoms with E-state index in [1.165, 1.54) is 0 Å². The van der Waals surface area contributed by atoms with Gasteiger partial charge in [0.05, 0.1) is 18.6 Å². The maximum Gasteiger partial charge on any atom is 0.272 e. The van der Waals surface area contributed by atoms with Gasteiger partial charge in [0.1, 0.15) is 35.3 Å². The molecule has 1 aliphatic heterocycles. The van der Waals surface area contributed by atoms with Gasteiger partial charge in [-0.2, -0.15) is 5.10 Å². The number of nitrogens with zero attached hydrogens (tertiary/aromatic N) is 5. The van der Waals surface area contributed by atoms with E-state index < -0.39 is 13.0 Å². The van der Waals surface area contributed by atoms with Gasteiger partial charge < -0.3 is 15.4 Å². The summed E-state index contributed by atoms with van der Waals surface area (Å²) in [5.74, 6) is 1.31. The van der Waals surface area contributed by atoms with Gasteiger partial charge in [-0.15, -0.1) is 0 Å². The van der Waals surface area contributed by atoms with Crippen molar-refractivity contribution < 1.29 is 13.5 Å². The van der Waals surface area contributed by atoms with Crippen LogP contribution in [-0.4, -0.2) is 56.7 Å². The second-order valence-electron chi connectivity index (χ2n) is 7.41. The van der Waals surface area contributed by atoms with Crippen LogP contribution in [0.5, 0.6) is 5.75 Å². The number of nitrogens with one attached hydrogen (secondary N) is 2. The van der Waals surface area contributed by atoms with Crippen LogP contribution >= 0.6 is 0 Å². The average Bonchev–Trinajstić information content (AvgIpc) is 3.35. The van der Waals surface area contributed by atoms with Gasteiger partial charge >= 0.3 is 0 Å². The fraction of sp³-hybridized carbons (Fsp3) is 0.524. The summed E-state index contributed by atoms with van der Waals surface area (Å²) in [7, 11) is 0. The molecule has 0 aromatic carbocycles. The van der Waals surface area contributed by atoms with E-state index >= 15 is 0 Å². The molecule has 2 fully saturated rings. The SMILES string of the molecule is CC.FC(F)COc1cc2ncc(-c3cncc(NC4CCNC4)n3)n2nc1C1CC1. The smallest absolute Gasteiger partial charge is 0.272 e. The van der Waals surface area contributed by atoms with Gasteiger partial charge in [-0.1, -0.05) is 13.8 Å². The van der Waals surface area contributed by atoms with Crippen LogP contribution in [0, 0.1) is 0 Å². The van der Waals surface area contributed by atoms with E-state index in [0.29, 0.717) is 40.3 Å². The molecule has 0 amide bonds. The maximum atomic E-state index is 12.6. The minimum atomic E-state index is -2.53. The van der Waals surface area contributed by atoms with Crippen LogP contribution in [-0.2, 0) is 0 Å². The molecule has 0 bridgehead atoms. The highest BCUT2D eigenvalue weighted by Gasteiger charge is 2.30. The topological polar surface area (TPSA) is 89.3 Å². The minimum absolute atomic E-state index is 0.233. The average molecular weight is 431 g/mol. The van der Waals surface area contributed by atoms with Crippen molar-refractivity contribution in [1.29, 1.82) is 0 Å². The standard InChI is InChI=1S/C19H21F2N7O.C2H6/c20-16(21)10-29-15-5-18-24-8-14(28(18)27-19(15)11-1-2-11)13-7-23-9-17(26-13)25-12-3-4-22-6-12;1-2/h5,7-9,11-12,16,22H,1-4,6,10H2,(H,25,26);1-2H3. The molecule has 1 aliphatic carbocycles. The molecular weight excluding hydrogens is 404 g/mol. The Morgan fingerprint density at radius 3 is 2.77 bits per heavy atom. The molecule has 4 heterocycles. The van der Waals surface area contributed by atoms with Crippen LogP contribution in [0.1, 0.15) is 44.7 Å². The van der Waals surface area contributed by atoms with Crippen LogP contribution in [0.3, 0.4) is 0 Å². The lowest BCUT2D eigenvalue weighted by Gasteiger charge is -2.13. The summed E-state index contributed by atoms with van der Waals surface area (Å²) in [5, 5.41) is 11.4. The molecule has 8 nitrogen and oxygen atoms in total. The van der Waals surface area contributed by atoms with Crippen LogP contribution < -0.4 is 15.4 Å². The molecule has 0 radical (unpaired) electrons. The molecule has 0 spiro atoms. The summed E-state index contributed by atoms with van der Waals surface area (Å²) in [6.45, 7) is 5.23. The molecule has 166 valence electrons. The first-order valence-corrected chi connectivity index (χ1v) is 10.8. The number of rotatable bonds is 7. The van der Waals surface area contributed by atoms with Gasteiger partial charge in [0.2, 0.25) is 0 Å². The Kier molecular flexibility index (Phi) is 6.55. The minimum Gasteiger partial charge on any atom is -0.485 e. The Morgan fingerprint density at radius 2 is 2.06 bits per heavy atom. The summed E-state index contributed by atoms with van der Waals surface area (Å²) in [5.41, 5.74) is 2.55. The predicted octanol–water partition coefficient (Wildman–Crippen LogP) is 3.51. The van der Waals surface area contributed by atoms with Crippen LogP contribution in [0.4, 0.5) is 14.6 Å². The quantitative estimate of drug-likeness (QED) is 0.592. The third-order valence-corrected chi connectivity index (χ3v) is 5.12. The Balaban J connectivity index is 0.00000112. The molecule has 1 saturated heterocycles. The fourth-order valence-corrected chi connectivity index (χ4v) is 3.54. The first kappa shape index (κ1) is 21.4. The van der Waals surface area contributed by atoms with E-state index in [1.54, 1.807) is 29.2 Å². The highest BCUT2D eigenvalue weighted by atomic mass is 19.3. The Morgan fingerprint density at radius 1 is 1.23 bits per heavy atom. The summed E-state index contributed by atoms with van der Waals surface area (Å²) in [6.07, 6.45) is 5.49. The number of anilines is 1. The zero-order valence-electron chi connectivity index (χ0n) is 17.7. The van der Waals surface area contributed by atoms with Crippen molar-refractivity contribution in [3.05, 3.63) is 30.4 Å². The highest BCUT2D eigenvalue weighted by Crippen LogP contribution is 2.43. The molecule has 1 saturated carbocycles. The lowest BCUT2D eigenvalue weighted by molar-refractivity contribution is 0.0811. The van der Waals surface area contributed by atoms with Gasteiger partial charge in [0, 0.05) is 24.6 Å². The van der Waals surface area contributed by atoms with Crippen molar-refractivity contribution in [2.24, 2.45) is 0 Å². The first-order valence-electron chi connectivity index (χ1n) is 10.8. The van der Waals surface area contributed by atoms with E-state index in [2.05, 4.69) is 30.7 Å². The number of aromatic nitrogens is 5. The van der Waals surface area contributed by atoms with Gasteiger partial charge in [-0.3, -0.25) is 4.98 Å². The summed E-state index contributed by atoms with van der Waals surface area (Å²) in [6, 6.07) is 2.00.